The zero-order valence-electron chi connectivity index (χ0n) is 15.1. The van der Waals surface area contributed by atoms with Crippen molar-refractivity contribution in [2.45, 2.75) is 25.4 Å². The average molecular weight is 385 g/mol. The molecule has 2 saturated heterocycles. The molecule has 1 unspecified atom stereocenters. The van der Waals surface area contributed by atoms with Crippen molar-refractivity contribution in [3.05, 3.63) is 52.5 Å². The lowest BCUT2D eigenvalue weighted by molar-refractivity contribution is -0.0299. The van der Waals surface area contributed by atoms with Gasteiger partial charge in [0.05, 0.1) is 17.2 Å². The summed E-state index contributed by atoms with van der Waals surface area (Å²) in [4.78, 5) is 33.0. The molecule has 7 heteroatoms. The normalized spacial score (nSPS) is 22.0. The molecule has 0 aromatic carbocycles. The third-order valence-electron chi connectivity index (χ3n) is 5.70. The van der Waals surface area contributed by atoms with Crippen LogP contribution in [0.1, 0.15) is 40.0 Å². The molecule has 4 heterocycles. The van der Waals surface area contributed by atoms with Gasteiger partial charge in [-0.15, -0.1) is 0 Å². The average Bonchev–Trinajstić information content (AvgIpc) is 3.22. The lowest BCUT2D eigenvalue weighted by Gasteiger charge is -2.49. The summed E-state index contributed by atoms with van der Waals surface area (Å²) < 4.78 is 0. The Labute approximate surface area is 162 Å². The molecule has 27 heavy (non-hydrogen) atoms. The first-order valence-electron chi connectivity index (χ1n) is 9.25. The maximum atomic E-state index is 12.8. The van der Waals surface area contributed by atoms with Gasteiger partial charge in [0.1, 0.15) is 0 Å². The van der Waals surface area contributed by atoms with E-state index in [9.17, 15) is 14.7 Å². The summed E-state index contributed by atoms with van der Waals surface area (Å²) in [5, 5.41) is 14.2. The molecule has 0 radical (unpaired) electrons. The Morgan fingerprint density at radius 3 is 2.59 bits per heavy atom. The van der Waals surface area contributed by atoms with Crippen LogP contribution in [0.2, 0.25) is 0 Å². The molecule has 1 atom stereocenters. The number of likely N-dealkylation sites (tertiary alicyclic amines) is 2. The Hall–Kier alpha value is -2.25. The molecule has 2 aliphatic heterocycles. The number of pyridine rings is 1. The number of aliphatic hydroxyl groups excluding tert-OH is 1. The highest BCUT2D eigenvalue weighted by Crippen LogP contribution is 2.40. The topological polar surface area (TPSA) is 73.7 Å². The fourth-order valence-corrected chi connectivity index (χ4v) is 4.92. The fourth-order valence-electron chi connectivity index (χ4n) is 4.29. The van der Waals surface area contributed by atoms with E-state index in [0.29, 0.717) is 38.2 Å². The molecule has 2 fully saturated rings. The van der Waals surface area contributed by atoms with E-state index in [1.807, 2.05) is 21.7 Å². The number of amides is 2. The quantitative estimate of drug-likeness (QED) is 0.861. The number of hydrogen-bond donors (Lipinski definition) is 1. The van der Waals surface area contributed by atoms with Gasteiger partial charge in [-0.25, -0.2) is 0 Å². The number of carbonyl (C=O) groups excluding carboxylic acids is 2. The summed E-state index contributed by atoms with van der Waals surface area (Å²) >= 11 is 1.53. The number of β-amino-alcohol motifs (C(OH)–C–C–N with tert-alkyl or cyclic N) is 1. The van der Waals surface area contributed by atoms with Gasteiger partial charge in [-0.05, 0) is 48.3 Å². The van der Waals surface area contributed by atoms with Crippen LogP contribution in [0.4, 0.5) is 0 Å². The summed E-state index contributed by atoms with van der Waals surface area (Å²) in [5.74, 6) is -0.0104. The van der Waals surface area contributed by atoms with Gasteiger partial charge in [0, 0.05) is 44.0 Å². The second kappa shape index (κ2) is 7.40. The number of hydrogen-bond acceptors (Lipinski definition) is 5. The Morgan fingerprint density at radius 1 is 1.15 bits per heavy atom. The Balaban J connectivity index is 1.44. The summed E-state index contributed by atoms with van der Waals surface area (Å²) in [6, 6.07) is 5.36. The number of nitrogens with zero attached hydrogens (tertiary/aromatic N) is 3. The molecular formula is C20H23N3O3S. The molecule has 0 aliphatic carbocycles. The van der Waals surface area contributed by atoms with Crippen molar-refractivity contribution in [3.8, 4) is 0 Å². The lowest BCUT2D eigenvalue weighted by Crippen LogP contribution is -2.55. The Morgan fingerprint density at radius 2 is 1.93 bits per heavy atom. The van der Waals surface area contributed by atoms with Crippen LogP contribution in [0.5, 0.6) is 0 Å². The summed E-state index contributed by atoms with van der Waals surface area (Å²) in [5.41, 5.74) is 1.17. The van der Waals surface area contributed by atoms with Crippen molar-refractivity contribution in [1.29, 1.82) is 0 Å². The Bertz CT molecular complexity index is 801. The first-order valence-corrected chi connectivity index (χ1v) is 10.2. The smallest absolute Gasteiger partial charge is 0.255 e. The number of thiophene rings is 1. The number of carbonyl (C=O) groups is 2. The van der Waals surface area contributed by atoms with E-state index in [0.717, 1.165) is 18.4 Å². The van der Waals surface area contributed by atoms with Gasteiger partial charge in [0.2, 0.25) is 0 Å². The van der Waals surface area contributed by atoms with Gasteiger partial charge in [0.15, 0.2) is 0 Å². The zero-order valence-corrected chi connectivity index (χ0v) is 15.9. The molecule has 2 aromatic rings. The van der Waals surface area contributed by atoms with Crippen molar-refractivity contribution in [3.63, 3.8) is 0 Å². The van der Waals surface area contributed by atoms with Crippen molar-refractivity contribution in [2.75, 3.05) is 26.2 Å². The van der Waals surface area contributed by atoms with E-state index in [1.54, 1.807) is 29.4 Å². The van der Waals surface area contributed by atoms with E-state index in [2.05, 4.69) is 4.98 Å². The van der Waals surface area contributed by atoms with Crippen LogP contribution < -0.4 is 0 Å². The SMILES string of the molecule is O=C(c1ccsc1)N1CCC2(CC1)CC(O)CN(C(=O)c1cccnc1)C2. The molecule has 1 N–H and O–H groups in total. The van der Waals surface area contributed by atoms with E-state index in [4.69, 9.17) is 0 Å². The van der Waals surface area contributed by atoms with Crippen LogP contribution in [-0.4, -0.2) is 64.0 Å². The van der Waals surface area contributed by atoms with Gasteiger partial charge in [-0.2, -0.15) is 11.3 Å². The predicted octanol–water partition coefficient (Wildman–Crippen LogP) is 2.27. The van der Waals surface area contributed by atoms with Crippen molar-refractivity contribution >= 4 is 23.2 Å². The molecule has 1 spiro atoms. The third kappa shape index (κ3) is 3.75. The molecule has 2 amide bonds. The van der Waals surface area contributed by atoms with E-state index in [-0.39, 0.29) is 17.2 Å². The molecular weight excluding hydrogens is 362 g/mol. The predicted molar refractivity (Wildman–Crippen MR) is 103 cm³/mol. The van der Waals surface area contributed by atoms with Gasteiger partial charge in [-0.1, -0.05) is 0 Å². The van der Waals surface area contributed by atoms with Gasteiger partial charge in [-0.3, -0.25) is 14.6 Å². The molecule has 0 saturated carbocycles. The van der Waals surface area contributed by atoms with E-state index >= 15 is 0 Å². The highest BCUT2D eigenvalue weighted by Gasteiger charge is 2.43. The van der Waals surface area contributed by atoms with Crippen molar-refractivity contribution in [2.24, 2.45) is 5.41 Å². The standard InChI is InChI=1S/C20H23N3O3S/c24-17-10-20(14-23(12-17)18(25)15-2-1-6-21-11-15)4-7-22(8-5-20)19(26)16-3-9-27-13-16/h1-3,6,9,11,13,17,24H,4-5,7-8,10,12,14H2. The zero-order chi connectivity index (χ0) is 18.9. The first kappa shape index (κ1) is 18.1. The summed E-state index contributed by atoms with van der Waals surface area (Å²) in [7, 11) is 0. The molecule has 142 valence electrons. The van der Waals surface area contributed by atoms with Crippen LogP contribution in [0.3, 0.4) is 0 Å². The summed E-state index contributed by atoms with van der Waals surface area (Å²) in [6.07, 6.45) is 4.97. The maximum Gasteiger partial charge on any atom is 0.255 e. The maximum absolute atomic E-state index is 12.8. The molecule has 2 aromatic heterocycles. The van der Waals surface area contributed by atoms with Crippen LogP contribution in [0, 0.1) is 5.41 Å². The minimum atomic E-state index is -0.529. The van der Waals surface area contributed by atoms with Crippen LogP contribution >= 0.6 is 11.3 Å². The third-order valence-corrected chi connectivity index (χ3v) is 6.38. The number of aromatic nitrogens is 1. The highest BCUT2D eigenvalue weighted by atomic mass is 32.1. The van der Waals surface area contributed by atoms with E-state index < -0.39 is 6.10 Å². The van der Waals surface area contributed by atoms with Crippen LogP contribution in [0.15, 0.2) is 41.4 Å². The number of rotatable bonds is 2. The van der Waals surface area contributed by atoms with Gasteiger partial charge < -0.3 is 14.9 Å². The molecule has 0 bridgehead atoms. The monoisotopic (exact) mass is 385 g/mol. The largest absolute Gasteiger partial charge is 0.391 e. The first-order chi connectivity index (χ1) is 13.1. The van der Waals surface area contributed by atoms with Crippen LogP contribution in [-0.2, 0) is 0 Å². The van der Waals surface area contributed by atoms with Crippen LogP contribution in [0.25, 0.3) is 0 Å². The van der Waals surface area contributed by atoms with Gasteiger partial charge in [0.25, 0.3) is 11.8 Å². The second-order valence-corrected chi connectivity index (χ2v) is 8.37. The highest BCUT2D eigenvalue weighted by molar-refractivity contribution is 7.08. The van der Waals surface area contributed by atoms with Gasteiger partial charge >= 0.3 is 0 Å². The second-order valence-electron chi connectivity index (χ2n) is 7.59. The molecule has 4 rings (SSSR count). The molecule has 6 nitrogen and oxygen atoms in total. The van der Waals surface area contributed by atoms with Crippen molar-refractivity contribution < 1.29 is 14.7 Å². The number of piperidine rings is 2. The molecule has 2 aliphatic rings. The van der Waals surface area contributed by atoms with Crippen molar-refractivity contribution in [1.82, 2.24) is 14.8 Å². The fraction of sp³-hybridized carbons (Fsp3) is 0.450. The lowest BCUT2D eigenvalue weighted by atomic mass is 9.71. The van der Waals surface area contributed by atoms with E-state index in [1.165, 1.54) is 11.3 Å². The minimum absolute atomic E-state index is 0.0748. The number of aliphatic hydroxyl groups is 1. The minimum Gasteiger partial charge on any atom is -0.391 e. The summed E-state index contributed by atoms with van der Waals surface area (Å²) in [6.45, 7) is 2.30. The Kier molecular flexibility index (Phi) is 4.97.